The van der Waals surface area contributed by atoms with Gasteiger partial charge in [-0.2, -0.15) is 0 Å². The average Bonchev–Trinajstić information content (AvgIpc) is 2.73. The van der Waals surface area contributed by atoms with Crippen LogP contribution in [0, 0.1) is 19.3 Å². The quantitative estimate of drug-likeness (QED) is 0.340. The van der Waals surface area contributed by atoms with Gasteiger partial charge in [-0.05, 0) is 72.0 Å². The zero-order valence-corrected chi connectivity index (χ0v) is 19.7. The van der Waals surface area contributed by atoms with Crippen molar-refractivity contribution in [2.75, 3.05) is 0 Å². The molecule has 1 radical (unpaired) electrons. The third-order valence-electron chi connectivity index (χ3n) is 6.64. The van der Waals surface area contributed by atoms with Gasteiger partial charge in [0.25, 0.3) is 0 Å². The lowest BCUT2D eigenvalue weighted by molar-refractivity contribution is 0.00503. The smallest absolute Gasteiger partial charge is 0.331 e. The van der Waals surface area contributed by atoms with E-state index in [9.17, 15) is 4.79 Å². The van der Waals surface area contributed by atoms with E-state index in [2.05, 4.69) is 84.9 Å². The lowest BCUT2D eigenvalue weighted by Crippen LogP contribution is -2.43. The molecule has 0 amide bonds. The number of hydrogen-bond donors (Lipinski definition) is 0. The first-order valence-electron chi connectivity index (χ1n) is 10.8. The molecule has 0 bridgehead atoms. The molecule has 0 saturated heterocycles. The van der Waals surface area contributed by atoms with Gasteiger partial charge in [0.2, 0.25) is 0 Å². The molecule has 0 heterocycles. The molecule has 3 heteroatoms. The van der Waals surface area contributed by atoms with Crippen LogP contribution in [0.25, 0.3) is 22.3 Å². The van der Waals surface area contributed by atoms with Crippen LogP contribution in [0.1, 0.15) is 56.1 Å². The number of carbonyl (C=O) groups excluding carboxylic acids is 1. The Morgan fingerprint density at radius 3 is 1.87 bits per heavy atom. The Bertz CT molecular complexity index is 1070. The van der Waals surface area contributed by atoms with Crippen LogP contribution in [0.4, 0.5) is 0 Å². The molecule has 0 aromatic heterocycles. The highest BCUT2D eigenvalue weighted by atomic mass is 16.5. The zero-order chi connectivity index (χ0) is 22.8. The van der Waals surface area contributed by atoms with E-state index in [4.69, 9.17) is 4.65 Å². The van der Waals surface area contributed by atoms with Crippen molar-refractivity contribution in [3.63, 3.8) is 0 Å². The summed E-state index contributed by atoms with van der Waals surface area (Å²) in [6.07, 6.45) is 0.876. The molecule has 0 saturated carbocycles. The van der Waals surface area contributed by atoms with Crippen LogP contribution in [0.3, 0.4) is 0 Å². The first kappa shape index (κ1) is 23.0. The standard InChI is InChI=1S/C28H32BO2/c1-19-23(22-16-14-21(18-30)15-17-22)10-8-11-24(19)25-12-9-13-26(20(25)2)29-31-28(6,7)27(3,4)5/h8-18H,1-7H3. The Labute approximate surface area is 187 Å². The molecule has 0 fully saturated rings. The number of benzene rings is 3. The molecule has 0 N–H and O–H groups in total. The predicted octanol–water partition coefficient (Wildman–Crippen LogP) is 6.54. The summed E-state index contributed by atoms with van der Waals surface area (Å²) < 4.78 is 6.24. The van der Waals surface area contributed by atoms with Crippen LogP contribution in [-0.2, 0) is 4.65 Å². The van der Waals surface area contributed by atoms with Crippen LogP contribution in [0.15, 0.2) is 60.7 Å². The maximum atomic E-state index is 11.0. The van der Waals surface area contributed by atoms with Gasteiger partial charge in [0.05, 0.1) is 5.60 Å². The van der Waals surface area contributed by atoms with Crippen molar-refractivity contribution in [1.82, 2.24) is 0 Å². The fourth-order valence-electron chi connectivity index (χ4n) is 3.44. The van der Waals surface area contributed by atoms with Gasteiger partial charge < -0.3 is 4.65 Å². The molecule has 3 rings (SSSR count). The summed E-state index contributed by atoms with van der Waals surface area (Å²) in [5, 5.41) is 0. The molecule has 159 valence electrons. The van der Waals surface area contributed by atoms with E-state index in [0.717, 1.165) is 17.3 Å². The van der Waals surface area contributed by atoms with Crippen molar-refractivity contribution >= 4 is 19.2 Å². The Morgan fingerprint density at radius 1 is 0.742 bits per heavy atom. The van der Waals surface area contributed by atoms with Crippen molar-refractivity contribution < 1.29 is 9.45 Å². The van der Waals surface area contributed by atoms with Gasteiger partial charge >= 0.3 is 7.48 Å². The van der Waals surface area contributed by atoms with E-state index in [0.29, 0.717) is 5.56 Å². The van der Waals surface area contributed by atoms with Crippen molar-refractivity contribution in [3.05, 3.63) is 77.4 Å². The number of carbonyl (C=O) groups is 1. The van der Waals surface area contributed by atoms with Gasteiger partial charge in [-0.15, -0.1) is 0 Å². The summed E-state index contributed by atoms with van der Waals surface area (Å²) in [4.78, 5) is 11.0. The van der Waals surface area contributed by atoms with Gasteiger partial charge in [-0.25, -0.2) is 0 Å². The molecule has 0 aliphatic rings. The summed E-state index contributed by atoms with van der Waals surface area (Å²) in [5.74, 6) is 0. The van der Waals surface area contributed by atoms with Crippen LogP contribution in [0.2, 0.25) is 0 Å². The second-order valence-corrected chi connectivity index (χ2v) is 9.73. The van der Waals surface area contributed by atoms with Crippen molar-refractivity contribution in [3.8, 4) is 22.3 Å². The van der Waals surface area contributed by atoms with Crippen molar-refractivity contribution in [2.24, 2.45) is 5.41 Å². The number of aldehydes is 1. The Morgan fingerprint density at radius 2 is 1.29 bits per heavy atom. The van der Waals surface area contributed by atoms with Gasteiger partial charge in [-0.1, -0.05) is 81.4 Å². The van der Waals surface area contributed by atoms with Gasteiger partial charge in [-0.3, -0.25) is 4.79 Å². The molecule has 0 spiro atoms. The van der Waals surface area contributed by atoms with Crippen molar-refractivity contribution in [2.45, 2.75) is 54.1 Å². The van der Waals surface area contributed by atoms with Gasteiger partial charge in [0, 0.05) is 5.56 Å². The molecule has 0 unspecified atom stereocenters. The number of hydrogen-bond acceptors (Lipinski definition) is 2. The molecule has 3 aromatic carbocycles. The monoisotopic (exact) mass is 411 g/mol. The van der Waals surface area contributed by atoms with E-state index in [1.807, 2.05) is 31.7 Å². The predicted molar refractivity (Wildman–Crippen MR) is 132 cm³/mol. The second-order valence-electron chi connectivity index (χ2n) is 9.73. The van der Waals surface area contributed by atoms with E-state index in [1.165, 1.54) is 27.8 Å². The highest BCUT2D eigenvalue weighted by Crippen LogP contribution is 2.34. The van der Waals surface area contributed by atoms with Gasteiger partial charge in [0.1, 0.15) is 6.29 Å². The van der Waals surface area contributed by atoms with Crippen LogP contribution in [-0.4, -0.2) is 19.4 Å². The Kier molecular flexibility index (Phi) is 6.57. The molecular weight excluding hydrogens is 379 g/mol. The zero-order valence-electron chi connectivity index (χ0n) is 19.7. The average molecular weight is 411 g/mol. The minimum Gasteiger partial charge on any atom is -0.429 e. The van der Waals surface area contributed by atoms with Crippen LogP contribution < -0.4 is 5.46 Å². The van der Waals surface area contributed by atoms with E-state index < -0.39 is 0 Å². The fourth-order valence-corrected chi connectivity index (χ4v) is 3.44. The molecule has 3 aromatic rings. The summed E-state index contributed by atoms with van der Waals surface area (Å²) in [6, 6.07) is 20.5. The van der Waals surface area contributed by atoms with Crippen molar-refractivity contribution in [1.29, 1.82) is 0 Å². The highest BCUT2D eigenvalue weighted by Gasteiger charge is 2.33. The lowest BCUT2D eigenvalue weighted by Gasteiger charge is -2.39. The lowest BCUT2D eigenvalue weighted by atomic mass is 9.75. The summed E-state index contributed by atoms with van der Waals surface area (Å²) in [6.45, 7) is 15.2. The Hall–Kier alpha value is -2.65. The molecular formula is C28H32BO2. The largest absolute Gasteiger partial charge is 0.429 e. The Balaban J connectivity index is 1.96. The third-order valence-corrected chi connectivity index (χ3v) is 6.64. The maximum absolute atomic E-state index is 11.0. The topological polar surface area (TPSA) is 26.3 Å². The normalized spacial score (nSPS) is 12.0. The SMILES string of the molecule is Cc1c([B]OC(C)(C)C(C)(C)C)cccc1-c1cccc(-c2ccc(C=O)cc2)c1C. The second kappa shape index (κ2) is 8.84. The third kappa shape index (κ3) is 4.83. The van der Waals surface area contributed by atoms with Crippen LogP contribution >= 0.6 is 0 Å². The number of rotatable bonds is 6. The van der Waals surface area contributed by atoms with Gasteiger partial charge in [0.15, 0.2) is 0 Å². The van der Waals surface area contributed by atoms with Crippen LogP contribution in [0.5, 0.6) is 0 Å². The minimum atomic E-state index is -0.279. The molecule has 0 aliphatic heterocycles. The minimum absolute atomic E-state index is 0.0271. The molecule has 0 atom stereocenters. The summed E-state index contributed by atoms with van der Waals surface area (Å²) in [5.41, 5.74) is 8.65. The molecule has 2 nitrogen and oxygen atoms in total. The molecule has 0 aliphatic carbocycles. The summed E-state index contributed by atoms with van der Waals surface area (Å²) in [7, 11) is 1.90. The molecule has 31 heavy (non-hydrogen) atoms. The summed E-state index contributed by atoms with van der Waals surface area (Å²) >= 11 is 0. The first-order chi connectivity index (χ1) is 14.5. The first-order valence-corrected chi connectivity index (χ1v) is 10.8. The maximum Gasteiger partial charge on any atom is 0.331 e. The highest BCUT2D eigenvalue weighted by molar-refractivity contribution is 6.48. The van der Waals surface area contributed by atoms with E-state index >= 15 is 0 Å². The van der Waals surface area contributed by atoms with E-state index in [-0.39, 0.29) is 11.0 Å². The van der Waals surface area contributed by atoms with E-state index in [1.54, 1.807) is 0 Å². The fraction of sp³-hybridized carbons (Fsp3) is 0.321.